The molecule has 0 unspecified atom stereocenters. The topological polar surface area (TPSA) is 74.2 Å². The maximum absolute atomic E-state index is 11.6. The first kappa shape index (κ1) is 13.0. The first-order chi connectivity index (χ1) is 8.79. The molecule has 6 heteroatoms. The van der Waals surface area contributed by atoms with Crippen LogP contribution in [-0.2, 0) is 9.53 Å². The van der Waals surface area contributed by atoms with E-state index in [0.717, 1.165) is 19.4 Å². The number of nitriles is 1. The first-order valence-electron chi connectivity index (χ1n) is 5.89. The van der Waals surface area contributed by atoms with Gasteiger partial charge in [0.1, 0.15) is 11.1 Å². The molecule has 0 saturated carbocycles. The number of anilines is 1. The van der Waals surface area contributed by atoms with E-state index < -0.39 is 0 Å². The molecule has 1 atom stereocenters. The SMILES string of the molecule is N#Cc1ccsc1NC(=O)CNC[C@H]1CCCO1. The third kappa shape index (κ3) is 3.53. The number of thiophene rings is 1. The van der Waals surface area contributed by atoms with Gasteiger partial charge in [-0.25, -0.2) is 0 Å². The van der Waals surface area contributed by atoms with Gasteiger partial charge in [0.15, 0.2) is 0 Å². The van der Waals surface area contributed by atoms with Gasteiger partial charge >= 0.3 is 0 Å². The van der Waals surface area contributed by atoms with E-state index in [1.165, 1.54) is 11.3 Å². The molecule has 0 bridgehead atoms. The van der Waals surface area contributed by atoms with E-state index in [2.05, 4.69) is 10.6 Å². The summed E-state index contributed by atoms with van der Waals surface area (Å²) in [5.41, 5.74) is 0.507. The van der Waals surface area contributed by atoms with Crippen molar-refractivity contribution in [2.75, 3.05) is 25.0 Å². The van der Waals surface area contributed by atoms with Crippen LogP contribution in [0, 0.1) is 11.3 Å². The highest BCUT2D eigenvalue weighted by atomic mass is 32.1. The number of ether oxygens (including phenoxy) is 1. The predicted octanol–water partition coefficient (Wildman–Crippen LogP) is 1.33. The van der Waals surface area contributed by atoms with Crippen LogP contribution in [0.2, 0.25) is 0 Å². The van der Waals surface area contributed by atoms with Crippen LogP contribution in [0.25, 0.3) is 0 Å². The molecule has 0 aliphatic carbocycles. The molecule has 1 aromatic rings. The van der Waals surface area contributed by atoms with Crippen LogP contribution < -0.4 is 10.6 Å². The molecular weight excluding hydrogens is 250 g/mol. The Balaban J connectivity index is 1.70. The summed E-state index contributed by atoms with van der Waals surface area (Å²) in [6, 6.07) is 3.73. The molecular formula is C12H15N3O2S. The van der Waals surface area contributed by atoms with E-state index in [1.54, 1.807) is 11.4 Å². The predicted molar refractivity (Wildman–Crippen MR) is 69.5 cm³/mol. The fourth-order valence-corrected chi connectivity index (χ4v) is 2.57. The average Bonchev–Trinajstić information content (AvgIpc) is 3.00. The summed E-state index contributed by atoms with van der Waals surface area (Å²) in [6.45, 7) is 1.75. The third-order valence-corrected chi connectivity index (χ3v) is 3.55. The van der Waals surface area contributed by atoms with Crippen LogP contribution in [0.3, 0.4) is 0 Å². The van der Waals surface area contributed by atoms with Crippen molar-refractivity contribution in [1.29, 1.82) is 5.26 Å². The zero-order chi connectivity index (χ0) is 12.8. The molecule has 1 fully saturated rings. The van der Waals surface area contributed by atoms with E-state index in [4.69, 9.17) is 10.00 Å². The fraction of sp³-hybridized carbons (Fsp3) is 0.500. The summed E-state index contributed by atoms with van der Waals surface area (Å²) in [5, 5.41) is 17.0. The highest BCUT2D eigenvalue weighted by Gasteiger charge is 2.15. The van der Waals surface area contributed by atoms with Gasteiger partial charge in [0.05, 0.1) is 18.2 Å². The van der Waals surface area contributed by atoms with Crippen molar-refractivity contribution < 1.29 is 9.53 Å². The summed E-state index contributed by atoms with van der Waals surface area (Å²) in [4.78, 5) is 11.6. The molecule has 18 heavy (non-hydrogen) atoms. The van der Waals surface area contributed by atoms with Crippen molar-refractivity contribution in [2.45, 2.75) is 18.9 Å². The molecule has 1 amide bonds. The van der Waals surface area contributed by atoms with Crippen molar-refractivity contribution in [2.24, 2.45) is 0 Å². The van der Waals surface area contributed by atoms with Gasteiger partial charge in [-0.1, -0.05) is 0 Å². The van der Waals surface area contributed by atoms with E-state index in [1.807, 2.05) is 6.07 Å². The second-order valence-electron chi connectivity index (χ2n) is 4.09. The van der Waals surface area contributed by atoms with Gasteiger partial charge in [0.25, 0.3) is 0 Å². The van der Waals surface area contributed by atoms with Crippen LogP contribution in [0.4, 0.5) is 5.00 Å². The molecule has 96 valence electrons. The Bertz CT molecular complexity index is 446. The summed E-state index contributed by atoms with van der Waals surface area (Å²) in [6.07, 6.45) is 2.38. The van der Waals surface area contributed by atoms with E-state index in [9.17, 15) is 4.79 Å². The summed E-state index contributed by atoms with van der Waals surface area (Å²) < 4.78 is 5.44. The standard InChI is InChI=1S/C12H15N3O2S/c13-6-9-3-5-18-12(9)15-11(16)8-14-7-10-2-1-4-17-10/h3,5,10,14H,1-2,4,7-8H2,(H,15,16)/t10-/m1/s1. The molecule has 1 aliphatic heterocycles. The van der Waals surface area contributed by atoms with Gasteiger partial charge in [-0.2, -0.15) is 5.26 Å². The lowest BCUT2D eigenvalue weighted by atomic mass is 10.2. The zero-order valence-electron chi connectivity index (χ0n) is 9.94. The lowest BCUT2D eigenvalue weighted by Gasteiger charge is -2.10. The minimum absolute atomic E-state index is 0.132. The van der Waals surface area contributed by atoms with Crippen molar-refractivity contribution >= 4 is 22.2 Å². The largest absolute Gasteiger partial charge is 0.377 e. The molecule has 0 radical (unpaired) electrons. The molecule has 2 heterocycles. The third-order valence-electron chi connectivity index (χ3n) is 2.72. The summed E-state index contributed by atoms with van der Waals surface area (Å²) >= 11 is 1.35. The molecule has 1 aliphatic rings. The highest BCUT2D eigenvalue weighted by Crippen LogP contribution is 2.21. The lowest BCUT2D eigenvalue weighted by Crippen LogP contribution is -2.33. The molecule has 0 spiro atoms. The Hall–Kier alpha value is -1.42. The minimum atomic E-state index is -0.132. The van der Waals surface area contributed by atoms with E-state index in [0.29, 0.717) is 17.1 Å². The maximum atomic E-state index is 11.6. The van der Waals surface area contributed by atoms with Gasteiger partial charge in [0, 0.05) is 13.2 Å². The van der Waals surface area contributed by atoms with Crippen LogP contribution in [0.15, 0.2) is 11.4 Å². The normalized spacial score (nSPS) is 18.5. The molecule has 1 saturated heterocycles. The van der Waals surface area contributed by atoms with Crippen LogP contribution in [0.1, 0.15) is 18.4 Å². The van der Waals surface area contributed by atoms with E-state index >= 15 is 0 Å². The average molecular weight is 265 g/mol. The number of carbonyl (C=O) groups excluding carboxylic acids is 1. The number of carbonyl (C=O) groups is 1. The Morgan fingerprint density at radius 1 is 1.67 bits per heavy atom. The summed E-state index contributed by atoms with van der Waals surface area (Å²) in [7, 11) is 0. The minimum Gasteiger partial charge on any atom is -0.377 e. The second kappa shape index (κ2) is 6.50. The monoisotopic (exact) mass is 265 g/mol. The quantitative estimate of drug-likeness (QED) is 0.842. The van der Waals surface area contributed by atoms with Crippen LogP contribution >= 0.6 is 11.3 Å². The summed E-state index contributed by atoms with van der Waals surface area (Å²) in [5.74, 6) is -0.132. The van der Waals surface area contributed by atoms with Gasteiger partial charge in [-0.15, -0.1) is 11.3 Å². The number of rotatable bonds is 5. The number of amides is 1. The van der Waals surface area contributed by atoms with Crippen LogP contribution in [-0.4, -0.2) is 31.7 Å². The van der Waals surface area contributed by atoms with Crippen LogP contribution in [0.5, 0.6) is 0 Å². The Kier molecular flexibility index (Phi) is 4.70. The van der Waals surface area contributed by atoms with Gasteiger partial charge in [0.2, 0.25) is 5.91 Å². The molecule has 5 nitrogen and oxygen atoms in total. The van der Waals surface area contributed by atoms with Crippen molar-refractivity contribution in [3.8, 4) is 6.07 Å². The lowest BCUT2D eigenvalue weighted by molar-refractivity contribution is -0.115. The Morgan fingerprint density at radius 3 is 3.28 bits per heavy atom. The molecule has 0 aromatic carbocycles. The molecule has 1 aromatic heterocycles. The Labute approximate surface area is 110 Å². The molecule has 2 rings (SSSR count). The second-order valence-corrected chi connectivity index (χ2v) is 5.01. The zero-order valence-corrected chi connectivity index (χ0v) is 10.8. The van der Waals surface area contributed by atoms with Gasteiger partial charge in [-0.3, -0.25) is 4.79 Å². The number of nitrogens with zero attached hydrogens (tertiary/aromatic N) is 1. The first-order valence-corrected chi connectivity index (χ1v) is 6.77. The number of hydrogen-bond donors (Lipinski definition) is 2. The van der Waals surface area contributed by atoms with Gasteiger partial charge < -0.3 is 15.4 Å². The smallest absolute Gasteiger partial charge is 0.238 e. The number of nitrogens with one attached hydrogen (secondary N) is 2. The van der Waals surface area contributed by atoms with Crippen molar-refractivity contribution in [3.63, 3.8) is 0 Å². The molecule has 2 N–H and O–H groups in total. The van der Waals surface area contributed by atoms with Gasteiger partial charge in [-0.05, 0) is 24.3 Å². The van der Waals surface area contributed by atoms with Crippen molar-refractivity contribution in [3.05, 3.63) is 17.0 Å². The number of hydrogen-bond acceptors (Lipinski definition) is 5. The maximum Gasteiger partial charge on any atom is 0.238 e. The Morgan fingerprint density at radius 2 is 2.56 bits per heavy atom. The van der Waals surface area contributed by atoms with Crippen molar-refractivity contribution in [1.82, 2.24) is 5.32 Å². The van der Waals surface area contributed by atoms with E-state index in [-0.39, 0.29) is 18.6 Å². The highest BCUT2D eigenvalue weighted by molar-refractivity contribution is 7.14. The fourth-order valence-electron chi connectivity index (χ4n) is 1.82.